The summed E-state index contributed by atoms with van der Waals surface area (Å²) in [5, 5.41) is 0.381. The quantitative estimate of drug-likeness (QED) is 0.702. The lowest BCUT2D eigenvalue weighted by Crippen LogP contribution is -1.77. The molecular formula is C11H8ClN3O. The van der Waals surface area contributed by atoms with Gasteiger partial charge < -0.3 is 9.40 Å². The fourth-order valence-corrected chi connectivity index (χ4v) is 1.80. The van der Waals surface area contributed by atoms with Crippen LogP contribution in [0.15, 0.2) is 28.8 Å². The number of aryl methyl sites for hydroxylation is 1. The molecule has 0 fully saturated rings. The molecule has 1 N–H and O–H groups in total. The van der Waals surface area contributed by atoms with Crippen LogP contribution in [0.5, 0.6) is 0 Å². The predicted octanol–water partition coefficient (Wildman–Crippen LogP) is 3.18. The van der Waals surface area contributed by atoms with Crippen molar-refractivity contribution in [3.05, 3.63) is 35.6 Å². The van der Waals surface area contributed by atoms with Gasteiger partial charge in [0.25, 0.3) is 0 Å². The second-order valence-electron chi connectivity index (χ2n) is 3.50. The van der Waals surface area contributed by atoms with Crippen LogP contribution in [-0.4, -0.2) is 15.0 Å². The zero-order valence-corrected chi connectivity index (χ0v) is 9.25. The van der Waals surface area contributed by atoms with E-state index in [2.05, 4.69) is 15.0 Å². The predicted molar refractivity (Wildman–Crippen MR) is 61.3 cm³/mol. The smallest absolute Gasteiger partial charge is 0.200 e. The van der Waals surface area contributed by atoms with Gasteiger partial charge in [-0.05, 0) is 29.8 Å². The van der Waals surface area contributed by atoms with Crippen LogP contribution in [0.3, 0.4) is 0 Å². The fourth-order valence-electron chi connectivity index (χ4n) is 1.65. The average molecular weight is 234 g/mol. The number of imidazole rings is 1. The van der Waals surface area contributed by atoms with E-state index in [1.807, 2.05) is 25.1 Å². The Balaban J connectivity index is 2.17. The molecule has 80 valence electrons. The van der Waals surface area contributed by atoms with Gasteiger partial charge in [0, 0.05) is 12.5 Å². The van der Waals surface area contributed by atoms with E-state index in [4.69, 9.17) is 16.0 Å². The largest absolute Gasteiger partial charge is 0.441 e. The van der Waals surface area contributed by atoms with Gasteiger partial charge in [0.2, 0.25) is 0 Å². The van der Waals surface area contributed by atoms with E-state index in [0.29, 0.717) is 11.2 Å². The van der Waals surface area contributed by atoms with Gasteiger partial charge >= 0.3 is 0 Å². The van der Waals surface area contributed by atoms with E-state index in [-0.39, 0.29) is 0 Å². The Hall–Kier alpha value is -1.81. The number of hydrogen-bond donors (Lipinski definition) is 1. The Labute approximate surface area is 96.3 Å². The number of nitrogens with one attached hydrogen (secondary N) is 1. The topological polar surface area (TPSA) is 54.7 Å². The number of fused-ring (bicyclic) bond motifs is 1. The van der Waals surface area contributed by atoms with Crippen LogP contribution in [-0.2, 0) is 0 Å². The summed E-state index contributed by atoms with van der Waals surface area (Å²) in [7, 11) is 0. The molecule has 0 aliphatic heterocycles. The third-order valence-corrected chi connectivity index (χ3v) is 2.54. The zero-order valence-electron chi connectivity index (χ0n) is 8.49. The highest BCUT2D eigenvalue weighted by atomic mass is 35.5. The van der Waals surface area contributed by atoms with E-state index >= 15 is 0 Å². The third kappa shape index (κ3) is 1.47. The highest BCUT2D eigenvalue weighted by molar-refractivity contribution is 6.28. The second kappa shape index (κ2) is 3.35. The van der Waals surface area contributed by atoms with Crippen molar-refractivity contribution >= 4 is 22.7 Å². The lowest BCUT2D eigenvalue weighted by Gasteiger charge is -1.95. The highest BCUT2D eigenvalue weighted by Gasteiger charge is 2.06. The molecule has 0 aliphatic carbocycles. The van der Waals surface area contributed by atoms with Crippen molar-refractivity contribution in [3.8, 4) is 11.3 Å². The van der Waals surface area contributed by atoms with Crippen LogP contribution >= 0.6 is 11.6 Å². The van der Waals surface area contributed by atoms with Crippen molar-refractivity contribution in [2.45, 2.75) is 6.92 Å². The van der Waals surface area contributed by atoms with Crippen molar-refractivity contribution < 1.29 is 4.42 Å². The molecule has 5 heteroatoms. The maximum Gasteiger partial charge on any atom is 0.200 e. The van der Waals surface area contributed by atoms with Crippen LogP contribution in [0, 0.1) is 6.92 Å². The lowest BCUT2D eigenvalue weighted by atomic mass is 10.1. The van der Waals surface area contributed by atoms with Gasteiger partial charge in [0.15, 0.2) is 16.8 Å². The molecule has 0 amide bonds. The fraction of sp³-hybridized carbons (Fsp3) is 0.0909. The number of aromatic nitrogens is 3. The minimum Gasteiger partial charge on any atom is -0.441 e. The van der Waals surface area contributed by atoms with Crippen molar-refractivity contribution in [3.63, 3.8) is 0 Å². The summed E-state index contributed by atoms with van der Waals surface area (Å²) in [6.45, 7) is 1.83. The monoisotopic (exact) mass is 233 g/mol. The number of rotatable bonds is 1. The summed E-state index contributed by atoms with van der Waals surface area (Å²) < 4.78 is 5.40. The summed E-state index contributed by atoms with van der Waals surface area (Å²) in [5.74, 6) is 0.662. The number of oxazole rings is 1. The molecule has 0 bridgehead atoms. The molecule has 0 atom stereocenters. The molecule has 16 heavy (non-hydrogen) atoms. The number of aromatic amines is 1. The van der Waals surface area contributed by atoms with E-state index in [0.717, 1.165) is 22.4 Å². The van der Waals surface area contributed by atoms with Gasteiger partial charge in [-0.15, -0.1) is 0 Å². The first kappa shape index (κ1) is 9.42. The van der Waals surface area contributed by atoms with Gasteiger partial charge in [0.05, 0.1) is 11.9 Å². The molecule has 0 spiro atoms. The third-order valence-electron chi connectivity index (χ3n) is 2.35. The Morgan fingerprint density at radius 2 is 2.25 bits per heavy atom. The number of halogens is 1. The van der Waals surface area contributed by atoms with Crippen molar-refractivity contribution in [2.75, 3.05) is 0 Å². The van der Waals surface area contributed by atoms with Gasteiger partial charge in [-0.3, -0.25) is 0 Å². The Morgan fingerprint density at radius 1 is 1.38 bits per heavy atom. The molecule has 1 aromatic carbocycles. The second-order valence-corrected chi connectivity index (χ2v) is 3.86. The summed E-state index contributed by atoms with van der Waals surface area (Å²) >= 11 is 5.73. The molecule has 4 nitrogen and oxygen atoms in total. The molecule has 2 heterocycles. The number of hydrogen-bond acceptors (Lipinski definition) is 3. The zero-order chi connectivity index (χ0) is 11.1. The van der Waals surface area contributed by atoms with Gasteiger partial charge in [-0.25, -0.2) is 9.97 Å². The number of nitrogens with zero attached hydrogens (tertiary/aromatic N) is 2. The maximum atomic E-state index is 5.73. The van der Waals surface area contributed by atoms with E-state index in [1.165, 1.54) is 0 Å². The summed E-state index contributed by atoms with van der Waals surface area (Å²) in [4.78, 5) is 11.2. The van der Waals surface area contributed by atoms with E-state index in [9.17, 15) is 0 Å². The highest BCUT2D eigenvalue weighted by Crippen LogP contribution is 2.24. The average Bonchev–Trinajstić information content (AvgIpc) is 2.81. The molecule has 2 aromatic heterocycles. The Kier molecular flexibility index (Phi) is 1.97. The van der Waals surface area contributed by atoms with Crippen LogP contribution in [0.1, 0.15) is 5.89 Å². The van der Waals surface area contributed by atoms with Crippen LogP contribution in [0.4, 0.5) is 0 Å². The standard InChI is InChI=1S/C11H8ClN3O/c1-6-14-8-4-7(2-3-10(8)16-6)9-5-13-11(12)15-9/h2-5H,1H3,(H,13,15). The van der Waals surface area contributed by atoms with Crippen molar-refractivity contribution in [1.29, 1.82) is 0 Å². The Bertz CT molecular complexity index is 656. The maximum absolute atomic E-state index is 5.73. The molecule has 3 rings (SSSR count). The van der Waals surface area contributed by atoms with Crippen molar-refractivity contribution in [2.24, 2.45) is 0 Å². The summed E-state index contributed by atoms with van der Waals surface area (Å²) in [6, 6.07) is 5.77. The van der Waals surface area contributed by atoms with Crippen LogP contribution < -0.4 is 0 Å². The molecular weight excluding hydrogens is 226 g/mol. The summed E-state index contributed by atoms with van der Waals surface area (Å²) in [5.41, 5.74) is 3.47. The van der Waals surface area contributed by atoms with Crippen molar-refractivity contribution in [1.82, 2.24) is 15.0 Å². The molecule has 0 saturated heterocycles. The normalized spacial score (nSPS) is 11.1. The first-order valence-corrected chi connectivity index (χ1v) is 5.18. The minimum atomic E-state index is 0.381. The molecule has 0 unspecified atom stereocenters. The molecule has 0 aliphatic rings. The first-order valence-electron chi connectivity index (χ1n) is 4.80. The van der Waals surface area contributed by atoms with E-state index < -0.39 is 0 Å². The number of H-pyrrole nitrogens is 1. The van der Waals surface area contributed by atoms with Gasteiger partial charge in [-0.1, -0.05) is 0 Å². The van der Waals surface area contributed by atoms with Gasteiger partial charge in [0.1, 0.15) is 5.52 Å². The molecule has 0 radical (unpaired) electrons. The lowest BCUT2D eigenvalue weighted by molar-refractivity contribution is 0.561. The minimum absolute atomic E-state index is 0.381. The SMILES string of the molecule is Cc1nc2cc(-c3cnc(Cl)[nH]3)ccc2o1. The van der Waals surface area contributed by atoms with E-state index in [1.54, 1.807) is 6.20 Å². The van der Waals surface area contributed by atoms with Gasteiger partial charge in [-0.2, -0.15) is 0 Å². The summed E-state index contributed by atoms with van der Waals surface area (Å²) in [6.07, 6.45) is 1.69. The number of benzene rings is 1. The Morgan fingerprint density at radius 3 is 3.00 bits per heavy atom. The molecule has 3 aromatic rings. The first-order chi connectivity index (χ1) is 7.72. The van der Waals surface area contributed by atoms with Crippen LogP contribution in [0.25, 0.3) is 22.4 Å². The van der Waals surface area contributed by atoms with Crippen LogP contribution in [0.2, 0.25) is 5.28 Å². The molecule has 0 saturated carbocycles.